The SMILES string of the molecule is [CH2]CCCCCCCC#CN(C)C=O. The van der Waals surface area contributed by atoms with Crippen molar-refractivity contribution in [3.05, 3.63) is 6.92 Å². The molecular weight excluding hydrogens is 174 g/mol. The van der Waals surface area contributed by atoms with Gasteiger partial charge in [-0.2, -0.15) is 0 Å². The lowest BCUT2D eigenvalue weighted by Crippen LogP contribution is -2.06. The highest BCUT2D eigenvalue weighted by Crippen LogP contribution is 2.05. The number of rotatable bonds is 7. The van der Waals surface area contributed by atoms with E-state index in [4.69, 9.17) is 0 Å². The summed E-state index contributed by atoms with van der Waals surface area (Å²) in [5.41, 5.74) is 0. The van der Waals surface area contributed by atoms with Crippen molar-refractivity contribution in [2.75, 3.05) is 7.05 Å². The Balaban J connectivity index is 3.19. The van der Waals surface area contributed by atoms with Gasteiger partial charge in [0.1, 0.15) is 0 Å². The maximum Gasteiger partial charge on any atom is 0.220 e. The van der Waals surface area contributed by atoms with Crippen LogP contribution in [0.4, 0.5) is 0 Å². The average molecular weight is 194 g/mol. The average Bonchev–Trinajstić information content (AvgIpc) is 2.21. The molecule has 2 heteroatoms. The Labute approximate surface area is 87.7 Å². The van der Waals surface area contributed by atoms with Crippen molar-refractivity contribution in [3.8, 4) is 12.0 Å². The zero-order valence-electron chi connectivity index (χ0n) is 9.09. The molecule has 0 aliphatic rings. The van der Waals surface area contributed by atoms with E-state index in [1.54, 1.807) is 7.05 Å². The molecule has 0 N–H and O–H groups in total. The molecule has 0 aromatic rings. The lowest BCUT2D eigenvalue weighted by molar-refractivity contribution is -0.114. The minimum atomic E-state index is 0.723. The molecule has 1 amide bonds. The molecule has 0 rings (SSSR count). The summed E-state index contributed by atoms with van der Waals surface area (Å²) >= 11 is 0. The fourth-order valence-electron chi connectivity index (χ4n) is 1.13. The second-order valence-electron chi connectivity index (χ2n) is 3.38. The Hall–Kier alpha value is -0.970. The third-order valence-electron chi connectivity index (χ3n) is 1.97. The van der Waals surface area contributed by atoms with E-state index >= 15 is 0 Å². The lowest BCUT2D eigenvalue weighted by Gasteiger charge is -1.97. The largest absolute Gasteiger partial charge is 0.278 e. The molecule has 0 saturated heterocycles. The van der Waals surface area contributed by atoms with Gasteiger partial charge in [-0.25, -0.2) is 0 Å². The molecule has 0 bridgehead atoms. The van der Waals surface area contributed by atoms with Gasteiger partial charge < -0.3 is 0 Å². The first-order valence-electron chi connectivity index (χ1n) is 5.27. The standard InChI is InChI=1S/C12H20NO/c1-3-4-5-6-7-8-9-10-11-13(2)12-14/h12H,1,3-9H2,2H3. The minimum Gasteiger partial charge on any atom is -0.278 e. The Kier molecular flexibility index (Phi) is 9.41. The summed E-state index contributed by atoms with van der Waals surface area (Å²) in [4.78, 5) is 11.5. The highest BCUT2D eigenvalue weighted by molar-refractivity contribution is 5.49. The van der Waals surface area contributed by atoms with Gasteiger partial charge in [-0.15, -0.1) is 0 Å². The zero-order valence-corrected chi connectivity index (χ0v) is 9.09. The van der Waals surface area contributed by atoms with Gasteiger partial charge in [0, 0.05) is 19.5 Å². The first-order chi connectivity index (χ1) is 6.81. The molecule has 0 unspecified atom stereocenters. The second kappa shape index (κ2) is 10.1. The van der Waals surface area contributed by atoms with Crippen LogP contribution in [0, 0.1) is 18.9 Å². The van der Waals surface area contributed by atoms with Gasteiger partial charge in [0.15, 0.2) is 0 Å². The van der Waals surface area contributed by atoms with Crippen molar-refractivity contribution in [3.63, 3.8) is 0 Å². The lowest BCUT2D eigenvalue weighted by atomic mass is 10.1. The Morgan fingerprint density at radius 3 is 2.50 bits per heavy atom. The van der Waals surface area contributed by atoms with Gasteiger partial charge in [0.05, 0.1) is 0 Å². The molecule has 14 heavy (non-hydrogen) atoms. The Morgan fingerprint density at radius 1 is 1.21 bits per heavy atom. The van der Waals surface area contributed by atoms with Gasteiger partial charge in [-0.05, 0) is 6.42 Å². The molecular formula is C12H20NO. The second-order valence-corrected chi connectivity index (χ2v) is 3.38. The van der Waals surface area contributed by atoms with Crippen LogP contribution < -0.4 is 0 Å². The van der Waals surface area contributed by atoms with Crippen molar-refractivity contribution in [2.45, 2.75) is 44.9 Å². The van der Waals surface area contributed by atoms with Crippen LogP contribution in [0.25, 0.3) is 0 Å². The van der Waals surface area contributed by atoms with Crippen molar-refractivity contribution < 1.29 is 4.79 Å². The smallest absolute Gasteiger partial charge is 0.220 e. The van der Waals surface area contributed by atoms with Crippen LogP contribution in [0.5, 0.6) is 0 Å². The monoisotopic (exact) mass is 194 g/mol. The maximum absolute atomic E-state index is 10.2. The quantitative estimate of drug-likeness (QED) is 0.264. The normalized spacial score (nSPS) is 9.00. The third kappa shape index (κ3) is 9.12. The number of unbranched alkanes of at least 4 members (excludes halogenated alkanes) is 6. The molecule has 2 nitrogen and oxygen atoms in total. The van der Waals surface area contributed by atoms with Gasteiger partial charge >= 0.3 is 0 Å². The maximum atomic E-state index is 10.2. The van der Waals surface area contributed by atoms with E-state index in [0.717, 1.165) is 25.7 Å². The van der Waals surface area contributed by atoms with Crippen LogP contribution in [-0.2, 0) is 4.79 Å². The summed E-state index contributed by atoms with van der Waals surface area (Å²) < 4.78 is 0. The number of amides is 1. The minimum absolute atomic E-state index is 0.723. The molecule has 79 valence electrons. The van der Waals surface area contributed by atoms with Crippen LogP contribution in [0.3, 0.4) is 0 Å². The van der Waals surface area contributed by atoms with E-state index in [9.17, 15) is 4.79 Å². The highest BCUT2D eigenvalue weighted by Gasteiger charge is 1.88. The van der Waals surface area contributed by atoms with Crippen LogP contribution >= 0.6 is 0 Å². The molecule has 0 aliphatic carbocycles. The number of carbonyl (C=O) groups excluding carboxylic acids is 1. The third-order valence-corrected chi connectivity index (χ3v) is 1.97. The summed E-state index contributed by atoms with van der Waals surface area (Å²) in [6, 6.07) is 2.74. The Bertz CT molecular complexity index is 190. The summed E-state index contributed by atoms with van der Waals surface area (Å²) in [5, 5.41) is 0. The van der Waals surface area contributed by atoms with Crippen molar-refractivity contribution >= 4 is 6.41 Å². The molecule has 0 aromatic heterocycles. The molecule has 0 saturated carbocycles. The number of nitrogens with zero attached hydrogens (tertiary/aromatic N) is 1. The van der Waals surface area contributed by atoms with E-state index in [1.165, 1.54) is 30.6 Å². The fraction of sp³-hybridized carbons (Fsp3) is 0.667. The van der Waals surface area contributed by atoms with Gasteiger partial charge in [-0.1, -0.05) is 44.9 Å². The van der Waals surface area contributed by atoms with Gasteiger partial charge in [0.2, 0.25) is 6.41 Å². The number of carbonyl (C=O) groups is 1. The molecule has 0 heterocycles. The summed E-state index contributed by atoms with van der Waals surface area (Å²) in [6.45, 7) is 3.80. The number of hydrogen-bond acceptors (Lipinski definition) is 1. The molecule has 0 fully saturated rings. The van der Waals surface area contributed by atoms with E-state index < -0.39 is 0 Å². The Morgan fingerprint density at radius 2 is 1.86 bits per heavy atom. The van der Waals surface area contributed by atoms with Crippen LogP contribution in [0.1, 0.15) is 44.9 Å². The van der Waals surface area contributed by atoms with Crippen LogP contribution in [0.2, 0.25) is 0 Å². The first kappa shape index (κ1) is 13.0. The van der Waals surface area contributed by atoms with Gasteiger partial charge in [-0.3, -0.25) is 9.69 Å². The van der Waals surface area contributed by atoms with E-state index in [2.05, 4.69) is 18.9 Å². The molecule has 1 radical (unpaired) electrons. The number of hydrogen-bond donors (Lipinski definition) is 0. The van der Waals surface area contributed by atoms with Crippen LogP contribution in [0.15, 0.2) is 0 Å². The van der Waals surface area contributed by atoms with E-state index in [-0.39, 0.29) is 0 Å². The predicted octanol–water partition coefficient (Wildman–Crippen LogP) is 2.60. The highest BCUT2D eigenvalue weighted by atomic mass is 16.1. The topological polar surface area (TPSA) is 20.3 Å². The van der Waals surface area contributed by atoms with Crippen molar-refractivity contribution in [2.24, 2.45) is 0 Å². The molecule has 0 atom stereocenters. The van der Waals surface area contributed by atoms with E-state index in [1.807, 2.05) is 0 Å². The zero-order chi connectivity index (χ0) is 10.6. The molecule has 0 aliphatic heterocycles. The summed E-state index contributed by atoms with van der Waals surface area (Å²) in [7, 11) is 1.66. The van der Waals surface area contributed by atoms with Crippen molar-refractivity contribution in [1.29, 1.82) is 0 Å². The molecule has 0 spiro atoms. The van der Waals surface area contributed by atoms with Crippen molar-refractivity contribution in [1.82, 2.24) is 4.90 Å². The van der Waals surface area contributed by atoms with Crippen LogP contribution in [-0.4, -0.2) is 18.4 Å². The summed E-state index contributed by atoms with van der Waals surface area (Å²) in [5.74, 6) is 2.96. The molecule has 0 aromatic carbocycles. The van der Waals surface area contributed by atoms with E-state index in [0.29, 0.717) is 0 Å². The fourth-order valence-corrected chi connectivity index (χ4v) is 1.13. The first-order valence-corrected chi connectivity index (χ1v) is 5.27. The summed E-state index contributed by atoms with van der Waals surface area (Å²) in [6.07, 6.45) is 8.83. The van der Waals surface area contributed by atoms with Gasteiger partial charge in [0.25, 0.3) is 0 Å². The predicted molar refractivity (Wildman–Crippen MR) is 59.3 cm³/mol.